The summed E-state index contributed by atoms with van der Waals surface area (Å²) in [6.45, 7) is 5.70. The SMILES string of the molecule is Cc1nc2cnccc2n1C1CCN(CC[C@@H](c2cc(F)cc(F)c2)C2CCN(S(C)(=O)=O)CC2)CC1. The van der Waals surface area contributed by atoms with Crippen LogP contribution in [0.4, 0.5) is 8.78 Å². The monoisotopic (exact) mass is 531 g/mol. The molecule has 1 atom stereocenters. The quantitative estimate of drug-likeness (QED) is 0.449. The van der Waals surface area contributed by atoms with Gasteiger partial charge < -0.3 is 9.47 Å². The van der Waals surface area contributed by atoms with Gasteiger partial charge in [-0.3, -0.25) is 4.98 Å². The molecule has 2 saturated heterocycles. The number of nitrogens with zero attached hydrogens (tertiary/aromatic N) is 5. The number of pyridine rings is 1. The smallest absolute Gasteiger partial charge is 0.211 e. The van der Waals surface area contributed by atoms with E-state index < -0.39 is 21.7 Å². The van der Waals surface area contributed by atoms with Crippen molar-refractivity contribution in [2.45, 2.75) is 51.0 Å². The van der Waals surface area contributed by atoms with Gasteiger partial charge in [0.1, 0.15) is 23.0 Å². The third-order valence-electron chi connectivity index (χ3n) is 8.20. The molecule has 2 aliphatic rings. The Hall–Kier alpha value is -2.43. The fourth-order valence-electron chi connectivity index (χ4n) is 6.33. The Labute approximate surface area is 217 Å². The molecule has 0 unspecified atom stereocenters. The van der Waals surface area contributed by atoms with Crippen LogP contribution in [0.15, 0.2) is 36.7 Å². The van der Waals surface area contributed by atoms with E-state index in [9.17, 15) is 17.2 Å². The molecule has 10 heteroatoms. The third-order valence-corrected chi connectivity index (χ3v) is 9.50. The number of benzene rings is 1. The van der Waals surface area contributed by atoms with Crippen LogP contribution in [0.5, 0.6) is 0 Å². The zero-order chi connectivity index (χ0) is 26.2. The summed E-state index contributed by atoms with van der Waals surface area (Å²) in [4.78, 5) is 11.3. The predicted molar refractivity (Wildman–Crippen MR) is 140 cm³/mol. The lowest BCUT2D eigenvalue weighted by Gasteiger charge is -2.37. The second-order valence-corrected chi connectivity index (χ2v) is 12.5. The van der Waals surface area contributed by atoms with Crippen molar-refractivity contribution in [3.8, 4) is 0 Å². The molecule has 0 radical (unpaired) electrons. The molecular formula is C27H35F2N5O2S. The average molecular weight is 532 g/mol. The molecule has 2 aliphatic heterocycles. The molecule has 200 valence electrons. The number of imidazole rings is 1. The van der Waals surface area contributed by atoms with Gasteiger partial charge in [-0.15, -0.1) is 0 Å². The number of halogens is 2. The first kappa shape index (κ1) is 26.2. The van der Waals surface area contributed by atoms with E-state index in [1.807, 2.05) is 25.4 Å². The van der Waals surface area contributed by atoms with E-state index in [4.69, 9.17) is 0 Å². The van der Waals surface area contributed by atoms with Gasteiger partial charge in [-0.1, -0.05) is 0 Å². The molecule has 0 amide bonds. The third kappa shape index (κ3) is 5.86. The first-order chi connectivity index (χ1) is 17.7. The summed E-state index contributed by atoms with van der Waals surface area (Å²) >= 11 is 0. The summed E-state index contributed by atoms with van der Waals surface area (Å²) in [6, 6.07) is 6.22. The normalized spacial score (nSPS) is 20.0. The van der Waals surface area contributed by atoms with Gasteiger partial charge in [-0.2, -0.15) is 0 Å². The van der Waals surface area contributed by atoms with E-state index in [-0.39, 0.29) is 11.8 Å². The van der Waals surface area contributed by atoms with Crippen LogP contribution in [0, 0.1) is 24.5 Å². The maximum atomic E-state index is 14.1. The number of aromatic nitrogens is 3. The van der Waals surface area contributed by atoms with Gasteiger partial charge in [0, 0.05) is 44.5 Å². The van der Waals surface area contributed by atoms with E-state index in [2.05, 4.69) is 19.4 Å². The van der Waals surface area contributed by atoms with Crippen LogP contribution < -0.4 is 0 Å². The van der Waals surface area contributed by atoms with E-state index in [1.165, 1.54) is 22.7 Å². The molecule has 2 aromatic heterocycles. The zero-order valence-corrected chi connectivity index (χ0v) is 22.3. The highest BCUT2D eigenvalue weighted by atomic mass is 32.2. The largest absolute Gasteiger partial charge is 0.325 e. The summed E-state index contributed by atoms with van der Waals surface area (Å²) in [7, 11) is -3.23. The fraction of sp³-hybridized carbons (Fsp3) is 0.556. The van der Waals surface area contributed by atoms with Crippen LogP contribution in [-0.2, 0) is 10.0 Å². The van der Waals surface area contributed by atoms with Crippen molar-refractivity contribution < 1.29 is 17.2 Å². The number of hydrogen-bond acceptors (Lipinski definition) is 5. The lowest BCUT2D eigenvalue weighted by molar-refractivity contribution is 0.168. The zero-order valence-electron chi connectivity index (χ0n) is 21.5. The molecule has 4 heterocycles. The van der Waals surface area contributed by atoms with Crippen molar-refractivity contribution in [2.24, 2.45) is 5.92 Å². The number of fused-ring (bicyclic) bond motifs is 1. The molecule has 7 nitrogen and oxygen atoms in total. The van der Waals surface area contributed by atoms with Crippen LogP contribution in [0.2, 0.25) is 0 Å². The molecular weight excluding hydrogens is 496 g/mol. The second kappa shape index (κ2) is 10.7. The number of rotatable bonds is 7. The summed E-state index contributed by atoms with van der Waals surface area (Å²) in [6.07, 6.45) is 9.06. The molecule has 0 N–H and O–H groups in total. The fourth-order valence-corrected chi connectivity index (χ4v) is 7.20. The Morgan fingerprint density at radius 1 is 1.03 bits per heavy atom. The Kier molecular flexibility index (Phi) is 7.60. The molecule has 0 bridgehead atoms. The molecule has 37 heavy (non-hydrogen) atoms. The maximum Gasteiger partial charge on any atom is 0.211 e. The molecule has 0 aliphatic carbocycles. The van der Waals surface area contributed by atoms with Crippen LogP contribution in [0.25, 0.3) is 11.0 Å². The molecule has 0 spiro atoms. The van der Waals surface area contributed by atoms with Crippen molar-refractivity contribution in [1.82, 2.24) is 23.7 Å². The summed E-state index contributed by atoms with van der Waals surface area (Å²) in [5.74, 6) is 0.0531. The van der Waals surface area contributed by atoms with E-state index in [0.717, 1.165) is 61.8 Å². The first-order valence-electron chi connectivity index (χ1n) is 13.1. The van der Waals surface area contributed by atoms with Crippen molar-refractivity contribution in [3.63, 3.8) is 0 Å². The van der Waals surface area contributed by atoms with Gasteiger partial charge in [-0.25, -0.2) is 26.5 Å². The number of piperidine rings is 2. The van der Waals surface area contributed by atoms with Crippen molar-refractivity contribution in [1.29, 1.82) is 0 Å². The predicted octanol–water partition coefficient (Wildman–Crippen LogP) is 4.50. The van der Waals surface area contributed by atoms with Crippen LogP contribution in [0.1, 0.15) is 55.5 Å². The van der Waals surface area contributed by atoms with Crippen molar-refractivity contribution in [3.05, 3.63) is 59.7 Å². The molecule has 5 rings (SSSR count). The van der Waals surface area contributed by atoms with E-state index in [1.54, 1.807) is 0 Å². The maximum absolute atomic E-state index is 14.1. The van der Waals surface area contributed by atoms with E-state index in [0.29, 0.717) is 37.5 Å². The van der Waals surface area contributed by atoms with Gasteiger partial charge in [0.15, 0.2) is 0 Å². The lowest BCUT2D eigenvalue weighted by atomic mass is 9.78. The highest BCUT2D eigenvalue weighted by Gasteiger charge is 2.32. The van der Waals surface area contributed by atoms with Gasteiger partial charge >= 0.3 is 0 Å². The topological polar surface area (TPSA) is 71.3 Å². The Balaban J connectivity index is 1.25. The minimum atomic E-state index is -3.23. The average Bonchev–Trinajstić information content (AvgIpc) is 3.19. The van der Waals surface area contributed by atoms with Gasteiger partial charge in [0.25, 0.3) is 0 Å². The second-order valence-electron chi connectivity index (χ2n) is 10.6. The van der Waals surface area contributed by atoms with Crippen LogP contribution in [0.3, 0.4) is 0 Å². The van der Waals surface area contributed by atoms with Gasteiger partial charge in [0.2, 0.25) is 10.0 Å². The summed E-state index contributed by atoms with van der Waals surface area (Å²) in [5, 5.41) is 0. The van der Waals surface area contributed by atoms with Crippen LogP contribution in [-0.4, -0.2) is 71.1 Å². The highest BCUT2D eigenvalue weighted by Crippen LogP contribution is 2.37. The minimum absolute atomic E-state index is 0.0167. The van der Waals surface area contributed by atoms with Crippen molar-refractivity contribution >= 4 is 21.1 Å². The number of aryl methyl sites for hydroxylation is 1. The standard InChI is InChI=1S/C27H35F2N5O2S/c1-19-31-26-18-30-9-3-27(26)34(19)24-6-10-32(11-7-24)12-8-25(21-15-22(28)17-23(29)16-21)20-4-13-33(14-5-20)37(2,35)36/h3,9,15-18,20,24-25H,4-8,10-14H2,1-2H3/t25-/m1/s1. The lowest BCUT2D eigenvalue weighted by Crippen LogP contribution is -2.40. The Morgan fingerprint density at radius 2 is 1.70 bits per heavy atom. The number of sulfonamides is 1. The Bertz CT molecular complexity index is 1330. The first-order valence-corrected chi connectivity index (χ1v) is 15.0. The highest BCUT2D eigenvalue weighted by molar-refractivity contribution is 7.88. The van der Waals surface area contributed by atoms with Gasteiger partial charge in [-0.05, 0) is 81.2 Å². The minimum Gasteiger partial charge on any atom is -0.325 e. The summed E-state index contributed by atoms with van der Waals surface area (Å²) in [5.41, 5.74) is 2.73. The summed E-state index contributed by atoms with van der Waals surface area (Å²) < 4.78 is 56.1. The number of likely N-dealkylation sites (tertiary alicyclic amines) is 1. The van der Waals surface area contributed by atoms with Crippen LogP contribution >= 0.6 is 0 Å². The molecule has 2 fully saturated rings. The molecule has 3 aromatic rings. The molecule has 0 saturated carbocycles. The van der Waals surface area contributed by atoms with E-state index >= 15 is 0 Å². The molecule has 1 aromatic carbocycles. The number of hydrogen-bond donors (Lipinski definition) is 0. The van der Waals surface area contributed by atoms with Gasteiger partial charge in [0.05, 0.1) is 18.0 Å². The Morgan fingerprint density at radius 3 is 2.35 bits per heavy atom. The van der Waals surface area contributed by atoms with Crippen molar-refractivity contribution in [2.75, 3.05) is 39.0 Å².